The molecule has 92 valence electrons. The quantitative estimate of drug-likeness (QED) is 0.605. The summed E-state index contributed by atoms with van der Waals surface area (Å²) >= 11 is 0. The highest BCUT2D eigenvalue weighted by molar-refractivity contribution is 5.94. The van der Waals surface area contributed by atoms with Crippen molar-refractivity contribution in [3.63, 3.8) is 0 Å². The summed E-state index contributed by atoms with van der Waals surface area (Å²) in [6.07, 6.45) is 0.549. The predicted molar refractivity (Wildman–Crippen MR) is 63.9 cm³/mol. The first-order valence-corrected chi connectivity index (χ1v) is 5.13. The summed E-state index contributed by atoms with van der Waals surface area (Å²) in [5, 5.41) is 10.7. The molecule has 0 aliphatic carbocycles. The maximum absolute atomic E-state index is 11.2. The number of nitrogens with zero attached hydrogens (tertiary/aromatic N) is 2. The van der Waals surface area contributed by atoms with Crippen LogP contribution in [-0.2, 0) is 6.42 Å². The smallest absolute Gasteiger partial charge is 0.269 e. The van der Waals surface area contributed by atoms with Crippen LogP contribution in [0.5, 0.6) is 0 Å². The summed E-state index contributed by atoms with van der Waals surface area (Å²) in [4.78, 5) is 23.3. The van der Waals surface area contributed by atoms with Gasteiger partial charge in [0.1, 0.15) is 0 Å². The molecule has 1 rings (SSSR count). The number of hydrogen-bond acceptors (Lipinski definition) is 4. The number of nitro groups is 1. The summed E-state index contributed by atoms with van der Waals surface area (Å²) in [7, 11) is 3.78. The van der Waals surface area contributed by atoms with Crippen LogP contribution in [0.15, 0.2) is 18.2 Å². The molecule has 1 amide bonds. The number of primary amides is 1. The molecule has 0 fully saturated rings. The van der Waals surface area contributed by atoms with Crippen LogP contribution in [0.2, 0.25) is 0 Å². The molecule has 17 heavy (non-hydrogen) atoms. The van der Waals surface area contributed by atoms with Gasteiger partial charge < -0.3 is 10.6 Å². The molecule has 0 aliphatic heterocycles. The molecule has 1 aromatic carbocycles. The maximum atomic E-state index is 11.2. The number of hydrogen-bond donors (Lipinski definition) is 1. The molecular weight excluding hydrogens is 222 g/mol. The number of carbonyl (C=O) groups is 1. The summed E-state index contributed by atoms with van der Waals surface area (Å²) in [5.74, 6) is -0.561. The summed E-state index contributed by atoms with van der Waals surface area (Å²) in [5.41, 5.74) is 6.16. The molecular formula is C11H15N3O3. The molecule has 6 heteroatoms. The van der Waals surface area contributed by atoms with Crippen molar-refractivity contribution in [2.75, 3.05) is 20.6 Å². The molecule has 0 saturated heterocycles. The number of nitrogens with two attached hydrogens (primary N) is 1. The Labute approximate surface area is 99.2 Å². The average Bonchev–Trinajstić information content (AvgIpc) is 2.25. The fourth-order valence-electron chi connectivity index (χ4n) is 1.48. The van der Waals surface area contributed by atoms with E-state index < -0.39 is 10.8 Å². The topological polar surface area (TPSA) is 89.5 Å². The number of likely N-dealkylation sites (N-methyl/N-ethyl adjacent to an activating group) is 1. The van der Waals surface area contributed by atoms with E-state index in [1.807, 2.05) is 19.0 Å². The minimum absolute atomic E-state index is 0.0243. The highest BCUT2D eigenvalue weighted by atomic mass is 16.6. The maximum Gasteiger partial charge on any atom is 0.269 e. The van der Waals surface area contributed by atoms with E-state index in [0.29, 0.717) is 24.1 Å². The van der Waals surface area contributed by atoms with Crippen LogP contribution in [0, 0.1) is 10.1 Å². The van der Waals surface area contributed by atoms with Gasteiger partial charge in [-0.05, 0) is 32.1 Å². The first-order chi connectivity index (χ1) is 7.91. The molecule has 2 N–H and O–H groups in total. The first-order valence-electron chi connectivity index (χ1n) is 5.13. The minimum Gasteiger partial charge on any atom is -0.366 e. The molecule has 0 heterocycles. The zero-order chi connectivity index (χ0) is 13.0. The Hall–Kier alpha value is -1.95. The van der Waals surface area contributed by atoms with Gasteiger partial charge in [-0.2, -0.15) is 0 Å². The van der Waals surface area contributed by atoms with Crippen molar-refractivity contribution in [2.45, 2.75) is 6.42 Å². The second kappa shape index (κ2) is 5.40. The molecule has 0 aliphatic rings. The summed E-state index contributed by atoms with van der Waals surface area (Å²) in [6, 6.07) is 4.11. The Morgan fingerprint density at radius 1 is 1.47 bits per heavy atom. The number of amides is 1. The number of non-ortho nitro benzene ring substituents is 1. The van der Waals surface area contributed by atoms with Crippen LogP contribution in [0.4, 0.5) is 5.69 Å². The molecule has 0 aromatic heterocycles. The second-order valence-electron chi connectivity index (χ2n) is 4.02. The lowest BCUT2D eigenvalue weighted by Gasteiger charge is -2.11. The molecule has 0 saturated carbocycles. The molecule has 0 unspecified atom stereocenters. The van der Waals surface area contributed by atoms with Gasteiger partial charge in [0.15, 0.2) is 0 Å². The summed E-state index contributed by atoms with van der Waals surface area (Å²) < 4.78 is 0. The lowest BCUT2D eigenvalue weighted by molar-refractivity contribution is -0.384. The Bertz CT molecular complexity index is 444. The Morgan fingerprint density at radius 3 is 2.59 bits per heavy atom. The normalized spacial score (nSPS) is 10.5. The van der Waals surface area contributed by atoms with Crippen molar-refractivity contribution < 1.29 is 9.72 Å². The lowest BCUT2D eigenvalue weighted by atomic mass is 10.0. The fourth-order valence-corrected chi connectivity index (χ4v) is 1.48. The van der Waals surface area contributed by atoms with Crippen molar-refractivity contribution >= 4 is 11.6 Å². The number of carbonyl (C=O) groups excluding carboxylic acids is 1. The van der Waals surface area contributed by atoms with Crippen molar-refractivity contribution in [3.05, 3.63) is 39.4 Å². The van der Waals surface area contributed by atoms with E-state index in [1.165, 1.54) is 18.2 Å². The second-order valence-corrected chi connectivity index (χ2v) is 4.02. The van der Waals surface area contributed by atoms with Gasteiger partial charge >= 0.3 is 0 Å². The predicted octanol–water partition coefficient (Wildman–Crippen LogP) is 0.798. The van der Waals surface area contributed by atoms with Crippen molar-refractivity contribution in [1.29, 1.82) is 0 Å². The SMILES string of the molecule is CN(C)CCc1cc([N+](=O)[O-])ccc1C(N)=O. The van der Waals surface area contributed by atoms with Crippen molar-refractivity contribution in [2.24, 2.45) is 5.73 Å². The van der Waals surface area contributed by atoms with Gasteiger partial charge in [0.2, 0.25) is 5.91 Å². The molecule has 0 radical (unpaired) electrons. The lowest BCUT2D eigenvalue weighted by Crippen LogP contribution is -2.19. The van der Waals surface area contributed by atoms with E-state index >= 15 is 0 Å². The monoisotopic (exact) mass is 237 g/mol. The van der Waals surface area contributed by atoms with Crippen LogP contribution in [-0.4, -0.2) is 36.4 Å². The van der Waals surface area contributed by atoms with E-state index in [1.54, 1.807) is 0 Å². The average molecular weight is 237 g/mol. The van der Waals surface area contributed by atoms with E-state index in [0.717, 1.165) is 0 Å². The van der Waals surface area contributed by atoms with E-state index in [9.17, 15) is 14.9 Å². The highest BCUT2D eigenvalue weighted by Crippen LogP contribution is 2.18. The largest absolute Gasteiger partial charge is 0.366 e. The van der Waals surface area contributed by atoms with Crippen LogP contribution in [0.3, 0.4) is 0 Å². The molecule has 0 bridgehead atoms. The fraction of sp³-hybridized carbons (Fsp3) is 0.364. The van der Waals surface area contributed by atoms with Gasteiger partial charge in [-0.15, -0.1) is 0 Å². The van der Waals surface area contributed by atoms with Gasteiger partial charge in [-0.25, -0.2) is 0 Å². The third-order valence-electron chi connectivity index (χ3n) is 2.39. The molecule has 0 spiro atoms. The van der Waals surface area contributed by atoms with Crippen LogP contribution >= 0.6 is 0 Å². The number of benzene rings is 1. The third kappa shape index (κ3) is 3.53. The third-order valence-corrected chi connectivity index (χ3v) is 2.39. The molecule has 0 atom stereocenters. The zero-order valence-corrected chi connectivity index (χ0v) is 9.84. The standard InChI is InChI=1S/C11H15N3O3/c1-13(2)6-5-8-7-9(14(16)17)3-4-10(8)11(12)15/h3-4,7H,5-6H2,1-2H3,(H2,12,15). The van der Waals surface area contributed by atoms with Gasteiger partial charge in [-0.3, -0.25) is 14.9 Å². The van der Waals surface area contributed by atoms with E-state index in [2.05, 4.69) is 0 Å². The Balaban J connectivity index is 3.07. The number of rotatable bonds is 5. The molecule has 6 nitrogen and oxygen atoms in total. The van der Waals surface area contributed by atoms with Crippen molar-refractivity contribution in [3.8, 4) is 0 Å². The first kappa shape index (κ1) is 13.1. The Morgan fingerprint density at radius 2 is 2.12 bits per heavy atom. The van der Waals surface area contributed by atoms with E-state index in [4.69, 9.17) is 5.73 Å². The van der Waals surface area contributed by atoms with Crippen LogP contribution < -0.4 is 5.73 Å². The van der Waals surface area contributed by atoms with Crippen LogP contribution in [0.1, 0.15) is 15.9 Å². The highest BCUT2D eigenvalue weighted by Gasteiger charge is 2.13. The van der Waals surface area contributed by atoms with Gasteiger partial charge in [0.25, 0.3) is 5.69 Å². The van der Waals surface area contributed by atoms with Gasteiger partial charge in [0, 0.05) is 24.2 Å². The zero-order valence-electron chi connectivity index (χ0n) is 9.84. The van der Waals surface area contributed by atoms with E-state index in [-0.39, 0.29) is 5.69 Å². The summed E-state index contributed by atoms with van der Waals surface area (Å²) in [6.45, 7) is 0.696. The van der Waals surface area contributed by atoms with Crippen molar-refractivity contribution in [1.82, 2.24) is 4.90 Å². The van der Waals surface area contributed by atoms with Crippen LogP contribution in [0.25, 0.3) is 0 Å². The van der Waals surface area contributed by atoms with Gasteiger partial charge in [0.05, 0.1) is 4.92 Å². The molecule has 1 aromatic rings. The van der Waals surface area contributed by atoms with Gasteiger partial charge in [-0.1, -0.05) is 0 Å². The Kier molecular flexibility index (Phi) is 4.17. The minimum atomic E-state index is -0.561. The number of nitro benzene ring substituents is 1.